The van der Waals surface area contributed by atoms with Gasteiger partial charge >= 0.3 is 0 Å². The average Bonchev–Trinajstić information content (AvgIpc) is 2.91. The Morgan fingerprint density at radius 1 is 1.19 bits per heavy atom. The quantitative estimate of drug-likeness (QED) is 0.407. The maximum Gasteiger partial charge on any atom is 0.280 e. The van der Waals surface area contributed by atoms with E-state index >= 15 is 0 Å². The van der Waals surface area contributed by atoms with Gasteiger partial charge in [-0.2, -0.15) is 5.10 Å². The fourth-order valence-corrected chi connectivity index (χ4v) is 2.44. The molecule has 0 aliphatic heterocycles. The molecule has 0 fully saturated rings. The Morgan fingerprint density at radius 2 is 1.85 bits per heavy atom. The van der Waals surface area contributed by atoms with Crippen LogP contribution in [0.1, 0.15) is 11.3 Å². The summed E-state index contributed by atoms with van der Waals surface area (Å²) in [4.78, 5) is 22.7. The van der Waals surface area contributed by atoms with E-state index in [-0.39, 0.29) is 11.2 Å². The number of benzene rings is 2. The molecular formula is C17H14ClN5O3. The largest absolute Gasteiger partial charge is 0.295 e. The van der Waals surface area contributed by atoms with Gasteiger partial charge in [-0.3, -0.25) is 25.4 Å². The van der Waals surface area contributed by atoms with E-state index in [1.165, 1.54) is 35.2 Å². The maximum atomic E-state index is 12.5. The van der Waals surface area contributed by atoms with Crippen LogP contribution >= 0.6 is 11.6 Å². The lowest BCUT2D eigenvalue weighted by molar-refractivity contribution is -0.384. The first-order valence-corrected chi connectivity index (χ1v) is 7.94. The van der Waals surface area contributed by atoms with E-state index in [0.717, 1.165) is 0 Å². The van der Waals surface area contributed by atoms with Gasteiger partial charge in [0.2, 0.25) is 0 Å². The van der Waals surface area contributed by atoms with Crippen molar-refractivity contribution in [3.63, 3.8) is 0 Å². The van der Waals surface area contributed by atoms with Crippen LogP contribution in [0.15, 0.2) is 58.4 Å². The molecular weight excluding hydrogens is 358 g/mol. The number of hydrazone groups is 1. The molecule has 26 heavy (non-hydrogen) atoms. The molecule has 0 aliphatic rings. The van der Waals surface area contributed by atoms with Crippen LogP contribution in [-0.4, -0.2) is 20.9 Å². The predicted octanol–water partition coefficient (Wildman–Crippen LogP) is 3.48. The van der Waals surface area contributed by atoms with Crippen LogP contribution < -0.4 is 11.0 Å². The van der Waals surface area contributed by atoms with Gasteiger partial charge in [0.1, 0.15) is 0 Å². The van der Waals surface area contributed by atoms with Crippen LogP contribution in [0.25, 0.3) is 5.69 Å². The Hall–Kier alpha value is -3.39. The first kappa shape index (κ1) is 17.4. The molecule has 0 bridgehead atoms. The van der Waals surface area contributed by atoms with Gasteiger partial charge < -0.3 is 0 Å². The first-order chi connectivity index (χ1) is 12.5. The number of aromatic amines is 1. The molecule has 3 rings (SSSR count). The van der Waals surface area contributed by atoms with Crippen LogP contribution in [0.2, 0.25) is 5.02 Å². The number of nitro groups is 1. The van der Waals surface area contributed by atoms with Gasteiger partial charge in [0.05, 0.1) is 28.1 Å². The molecule has 0 spiro atoms. The number of halogens is 1. The van der Waals surface area contributed by atoms with Crippen molar-refractivity contribution >= 4 is 29.2 Å². The fraction of sp³-hybridized carbons (Fsp3) is 0.0588. The highest BCUT2D eigenvalue weighted by atomic mass is 35.5. The van der Waals surface area contributed by atoms with Crippen molar-refractivity contribution in [2.24, 2.45) is 5.10 Å². The summed E-state index contributed by atoms with van der Waals surface area (Å²) in [6.45, 7) is 1.76. The Morgan fingerprint density at radius 3 is 2.46 bits per heavy atom. The summed E-state index contributed by atoms with van der Waals surface area (Å²) in [5, 5.41) is 18.2. The maximum absolute atomic E-state index is 12.5. The molecule has 2 aromatic carbocycles. The fourth-order valence-electron chi connectivity index (χ4n) is 2.31. The number of nitrogens with one attached hydrogen (secondary N) is 2. The predicted molar refractivity (Wildman–Crippen MR) is 100 cm³/mol. The zero-order valence-electron chi connectivity index (χ0n) is 13.6. The number of nitro benzene ring substituents is 1. The Balaban J connectivity index is 1.79. The van der Waals surface area contributed by atoms with Gasteiger partial charge in [0.25, 0.3) is 11.2 Å². The second-order valence-electron chi connectivity index (χ2n) is 5.44. The highest BCUT2D eigenvalue weighted by molar-refractivity contribution is 6.30. The number of aryl methyl sites for hydroxylation is 1. The lowest BCUT2D eigenvalue weighted by Gasteiger charge is -2.00. The summed E-state index contributed by atoms with van der Waals surface area (Å²) in [6, 6.07) is 12.7. The molecule has 8 nitrogen and oxygen atoms in total. The summed E-state index contributed by atoms with van der Waals surface area (Å²) < 4.78 is 1.40. The Labute approximate surface area is 152 Å². The van der Waals surface area contributed by atoms with E-state index in [1.807, 2.05) is 0 Å². The molecule has 2 N–H and O–H groups in total. The summed E-state index contributed by atoms with van der Waals surface area (Å²) in [6.07, 6.45) is 1.40. The van der Waals surface area contributed by atoms with Crippen LogP contribution in [0, 0.1) is 17.0 Å². The van der Waals surface area contributed by atoms with Gasteiger partial charge in [0, 0.05) is 22.8 Å². The first-order valence-electron chi connectivity index (χ1n) is 7.57. The number of aromatic nitrogens is 2. The van der Waals surface area contributed by atoms with E-state index in [0.29, 0.717) is 27.7 Å². The normalized spacial score (nSPS) is 11.0. The molecule has 0 amide bonds. The molecule has 0 saturated carbocycles. The zero-order chi connectivity index (χ0) is 18.7. The van der Waals surface area contributed by atoms with E-state index in [9.17, 15) is 14.9 Å². The number of hydrogen-bond acceptors (Lipinski definition) is 5. The van der Waals surface area contributed by atoms with Gasteiger partial charge in [-0.05, 0) is 43.3 Å². The van der Waals surface area contributed by atoms with E-state index in [4.69, 9.17) is 11.6 Å². The Bertz CT molecular complexity index is 1020. The summed E-state index contributed by atoms with van der Waals surface area (Å²) >= 11 is 5.86. The number of non-ortho nitro benzene ring substituents is 1. The number of H-pyrrole nitrogens is 1. The van der Waals surface area contributed by atoms with Crippen molar-refractivity contribution < 1.29 is 4.92 Å². The van der Waals surface area contributed by atoms with Crippen molar-refractivity contribution in [2.75, 3.05) is 5.43 Å². The van der Waals surface area contributed by atoms with E-state index < -0.39 is 4.92 Å². The molecule has 3 aromatic rings. The van der Waals surface area contributed by atoms with Gasteiger partial charge in [-0.1, -0.05) is 11.6 Å². The summed E-state index contributed by atoms with van der Waals surface area (Å²) in [5.74, 6) is 0. The second kappa shape index (κ2) is 7.24. The average molecular weight is 372 g/mol. The van der Waals surface area contributed by atoms with Crippen molar-refractivity contribution in [1.29, 1.82) is 0 Å². The number of anilines is 1. The third-order valence-corrected chi connectivity index (χ3v) is 3.92. The number of nitrogens with zero attached hydrogens (tertiary/aromatic N) is 3. The lowest BCUT2D eigenvalue weighted by Crippen LogP contribution is -2.17. The van der Waals surface area contributed by atoms with Crippen LogP contribution in [0.5, 0.6) is 0 Å². The summed E-state index contributed by atoms with van der Waals surface area (Å²) in [5.41, 5.74) is 4.75. The molecule has 9 heteroatoms. The minimum absolute atomic E-state index is 0.00754. The minimum atomic E-state index is -0.477. The zero-order valence-corrected chi connectivity index (χ0v) is 14.4. The van der Waals surface area contributed by atoms with Crippen molar-refractivity contribution in [2.45, 2.75) is 6.92 Å². The van der Waals surface area contributed by atoms with Gasteiger partial charge in [-0.25, -0.2) is 4.68 Å². The molecule has 0 aliphatic carbocycles. The van der Waals surface area contributed by atoms with Crippen molar-refractivity contribution in [3.8, 4) is 5.69 Å². The molecule has 132 valence electrons. The number of hydrogen-bond donors (Lipinski definition) is 2. The standard InChI is InChI=1S/C17H14ClN5O3/c1-11-16(10-19-20-13-4-8-15(9-5-13)23(25)26)17(24)22(21-11)14-6-2-12(18)3-7-14/h2-10,20-21H,1H3. The SMILES string of the molecule is Cc1[nH]n(-c2ccc(Cl)cc2)c(=O)c1C=NNc1ccc([N+](=O)[O-])cc1. The van der Waals surface area contributed by atoms with Gasteiger partial charge in [0.15, 0.2) is 0 Å². The van der Waals surface area contributed by atoms with Crippen LogP contribution in [-0.2, 0) is 0 Å². The highest BCUT2D eigenvalue weighted by Gasteiger charge is 2.10. The summed E-state index contributed by atoms with van der Waals surface area (Å²) in [7, 11) is 0. The highest BCUT2D eigenvalue weighted by Crippen LogP contribution is 2.15. The van der Waals surface area contributed by atoms with E-state index in [1.54, 1.807) is 31.2 Å². The molecule has 1 aromatic heterocycles. The Kier molecular flexibility index (Phi) is 4.85. The molecule has 0 unspecified atom stereocenters. The smallest absolute Gasteiger partial charge is 0.280 e. The van der Waals surface area contributed by atoms with Crippen molar-refractivity contribution in [3.05, 3.63) is 85.3 Å². The molecule has 0 saturated heterocycles. The molecule has 1 heterocycles. The third-order valence-electron chi connectivity index (χ3n) is 3.67. The second-order valence-corrected chi connectivity index (χ2v) is 5.88. The monoisotopic (exact) mass is 371 g/mol. The van der Waals surface area contributed by atoms with Crippen LogP contribution in [0.4, 0.5) is 11.4 Å². The third kappa shape index (κ3) is 3.65. The lowest BCUT2D eigenvalue weighted by atomic mass is 10.3. The minimum Gasteiger partial charge on any atom is -0.295 e. The van der Waals surface area contributed by atoms with Crippen LogP contribution in [0.3, 0.4) is 0 Å². The van der Waals surface area contributed by atoms with Crippen molar-refractivity contribution in [1.82, 2.24) is 9.78 Å². The molecule has 0 atom stereocenters. The number of rotatable bonds is 5. The molecule has 0 radical (unpaired) electrons. The topological polar surface area (TPSA) is 105 Å². The van der Waals surface area contributed by atoms with E-state index in [2.05, 4.69) is 15.6 Å². The van der Waals surface area contributed by atoms with Gasteiger partial charge in [-0.15, -0.1) is 0 Å².